The monoisotopic (exact) mass is 541 g/mol. The molecule has 1 aliphatic rings. The summed E-state index contributed by atoms with van der Waals surface area (Å²) in [6, 6.07) is 13.9. The number of urea groups is 1. The minimum Gasteiger partial charge on any atom is -0.493 e. The highest BCUT2D eigenvalue weighted by molar-refractivity contribution is 6.39. The minimum atomic E-state index is -0.889. The van der Waals surface area contributed by atoms with E-state index in [1.54, 1.807) is 12.1 Å². The Kier molecular flexibility index (Phi) is 7.42. The number of imide groups is 2. The van der Waals surface area contributed by atoms with E-state index in [2.05, 4.69) is 5.32 Å². The highest BCUT2D eigenvalue weighted by atomic mass is 35.5. The summed E-state index contributed by atoms with van der Waals surface area (Å²) < 4.78 is 11.2. The molecule has 1 N–H and O–H groups in total. The van der Waals surface area contributed by atoms with Crippen molar-refractivity contribution >= 4 is 58.5 Å². The molecular formula is C25H17Cl2N3O7. The van der Waals surface area contributed by atoms with E-state index in [9.17, 15) is 24.5 Å². The number of hydrogen-bond acceptors (Lipinski definition) is 7. The number of non-ortho nitro benzene ring substituents is 1. The number of carbonyl (C=O) groups is 3. The first-order chi connectivity index (χ1) is 17.7. The van der Waals surface area contributed by atoms with Gasteiger partial charge in [-0.3, -0.25) is 25.0 Å². The van der Waals surface area contributed by atoms with Crippen molar-refractivity contribution in [3.05, 3.63) is 97.5 Å². The van der Waals surface area contributed by atoms with E-state index in [-0.39, 0.29) is 40.1 Å². The van der Waals surface area contributed by atoms with Crippen LogP contribution in [0.5, 0.6) is 11.5 Å². The zero-order valence-electron chi connectivity index (χ0n) is 19.1. The molecule has 1 fully saturated rings. The Hall–Kier alpha value is -4.41. The zero-order valence-corrected chi connectivity index (χ0v) is 20.6. The van der Waals surface area contributed by atoms with Crippen molar-refractivity contribution in [1.82, 2.24) is 5.32 Å². The van der Waals surface area contributed by atoms with Crippen LogP contribution in [0.15, 0.2) is 66.2 Å². The number of hydrogen-bond donors (Lipinski definition) is 1. The SMILES string of the molecule is COc1cc(/C=C2\C(=O)NC(=O)N(c3ccc(Cl)cc3)C2=O)cc(Cl)c1OCc1ccc([N+](=O)[O-])cc1. The Bertz CT molecular complexity index is 1440. The number of benzene rings is 3. The number of nitrogens with one attached hydrogen (secondary N) is 1. The van der Waals surface area contributed by atoms with E-state index in [0.29, 0.717) is 16.1 Å². The maximum absolute atomic E-state index is 13.1. The highest BCUT2D eigenvalue weighted by Crippen LogP contribution is 2.38. The molecule has 0 aromatic heterocycles. The van der Waals surface area contributed by atoms with Crippen LogP contribution in [0.4, 0.5) is 16.2 Å². The molecule has 10 nitrogen and oxygen atoms in total. The van der Waals surface area contributed by atoms with Gasteiger partial charge >= 0.3 is 6.03 Å². The summed E-state index contributed by atoms with van der Waals surface area (Å²) in [5.41, 5.74) is 0.886. The van der Waals surface area contributed by atoms with Crippen LogP contribution in [-0.2, 0) is 16.2 Å². The second-order valence-electron chi connectivity index (χ2n) is 7.68. The Labute approximate surface area is 220 Å². The van der Waals surface area contributed by atoms with E-state index in [0.717, 1.165) is 4.90 Å². The number of amides is 4. The third-order valence-corrected chi connectivity index (χ3v) is 5.81. The van der Waals surface area contributed by atoms with Crippen molar-refractivity contribution in [2.45, 2.75) is 6.61 Å². The van der Waals surface area contributed by atoms with Crippen LogP contribution in [0.25, 0.3) is 6.08 Å². The average molecular weight is 542 g/mol. The number of nitro benzene ring substituents is 1. The van der Waals surface area contributed by atoms with Gasteiger partial charge < -0.3 is 9.47 Å². The zero-order chi connectivity index (χ0) is 26.7. The molecule has 1 heterocycles. The van der Waals surface area contributed by atoms with Crippen molar-refractivity contribution in [1.29, 1.82) is 0 Å². The molecule has 0 unspecified atom stereocenters. The Balaban J connectivity index is 1.60. The smallest absolute Gasteiger partial charge is 0.335 e. The lowest BCUT2D eigenvalue weighted by molar-refractivity contribution is -0.384. The summed E-state index contributed by atoms with van der Waals surface area (Å²) in [7, 11) is 1.39. The fraction of sp³-hybridized carbons (Fsp3) is 0.0800. The van der Waals surface area contributed by atoms with Gasteiger partial charge in [0.25, 0.3) is 17.5 Å². The maximum Gasteiger partial charge on any atom is 0.335 e. The van der Waals surface area contributed by atoms with Gasteiger partial charge in [-0.15, -0.1) is 0 Å². The summed E-state index contributed by atoms with van der Waals surface area (Å²) in [5, 5.41) is 13.5. The molecule has 188 valence electrons. The van der Waals surface area contributed by atoms with Crippen molar-refractivity contribution in [2.24, 2.45) is 0 Å². The van der Waals surface area contributed by atoms with Gasteiger partial charge in [0, 0.05) is 17.2 Å². The van der Waals surface area contributed by atoms with Gasteiger partial charge in [0.2, 0.25) is 0 Å². The third kappa shape index (κ3) is 5.55. The molecule has 0 saturated carbocycles. The highest BCUT2D eigenvalue weighted by Gasteiger charge is 2.36. The molecule has 4 amide bonds. The fourth-order valence-electron chi connectivity index (χ4n) is 3.48. The van der Waals surface area contributed by atoms with Crippen LogP contribution in [0, 0.1) is 10.1 Å². The number of anilines is 1. The molecule has 37 heavy (non-hydrogen) atoms. The maximum atomic E-state index is 13.1. The molecule has 1 aliphatic heterocycles. The van der Waals surface area contributed by atoms with Gasteiger partial charge in [-0.2, -0.15) is 0 Å². The predicted octanol–water partition coefficient (Wildman–Crippen LogP) is 5.16. The number of barbiturate groups is 1. The normalized spacial score (nSPS) is 14.5. The molecule has 0 radical (unpaired) electrons. The van der Waals surface area contributed by atoms with Crippen molar-refractivity contribution in [3.8, 4) is 11.5 Å². The lowest BCUT2D eigenvalue weighted by Gasteiger charge is -2.26. The van der Waals surface area contributed by atoms with Crippen LogP contribution < -0.4 is 19.7 Å². The first-order valence-corrected chi connectivity index (χ1v) is 11.3. The molecule has 3 aromatic rings. The Morgan fingerprint density at radius 1 is 1.03 bits per heavy atom. The molecule has 1 saturated heterocycles. The number of nitro groups is 1. The molecule has 3 aromatic carbocycles. The predicted molar refractivity (Wildman–Crippen MR) is 136 cm³/mol. The molecule has 4 rings (SSSR count). The number of nitrogens with zero attached hydrogens (tertiary/aromatic N) is 2. The van der Waals surface area contributed by atoms with Crippen LogP contribution in [0.1, 0.15) is 11.1 Å². The van der Waals surface area contributed by atoms with Gasteiger partial charge in [0.1, 0.15) is 12.2 Å². The summed E-state index contributed by atoms with van der Waals surface area (Å²) in [6.45, 7) is 0.0492. The van der Waals surface area contributed by atoms with Crippen molar-refractivity contribution in [2.75, 3.05) is 12.0 Å². The number of carbonyl (C=O) groups excluding carboxylic acids is 3. The van der Waals surface area contributed by atoms with E-state index in [1.165, 1.54) is 61.7 Å². The summed E-state index contributed by atoms with van der Waals surface area (Å²) in [6.07, 6.45) is 1.28. The van der Waals surface area contributed by atoms with E-state index >= 15 is 0 Å². The van der Waals surface area contributed by atoms with Crippen LogP contribution in [0.3, 0.4) is 0 Å². The summed E-state index contributed by atoms with van der Waals surface area (Å²) >= 11 is 12.3. The Morgan fingerprint density at radius 3 is 2.32 bits per heavy atom. The van der Waals surface area contributed by atoms with Crippen molar-refractivity contribution in [3.63, 3.8) is 0 Å². The third-order valence-electron chi connectivity index (χ3n) is 5.28. The quantitative estimate of drug-likeness (QED) is 0.189. The first kappa shape index (κ1) is 25.7. The molecule has 12 heteroatoms. The van der Waals surface area contributed by atoms with Crippen LogP contribution in [-0.4, -0.2) is 29.9 Å². The average Bonchev–Trinajstić information content (AvgIpc) is 2.87. The summed E-state index contributed by atoms with van der Waals surface area (Å²) in [4.78, 5) is 49.1. The van der Waals surface area contributed by atoms with E-state index in [4.69, 9.17) is 32.7 Å². The van der Waals surface area contributed by atoms with Gasteiger partial charge in [0.15, 0.2) is 11.5 Å². The second-order valence-corrected chi connectivity index (χ2v) is 8.52. The first-order valence-electron chi connectivity index (χ1n) is 10.6. The van der Waals surface area contributed by atoms with Gasteiger partial charge in [-0.05, 0) is 65.7 Å². The molecule has 0 spiro atoms. The summed E-state index contributed by atoms with van der Waals surface area (Å²) in [5.74, 6) is -1.28. The van der Waals surface area contributed by atoms with Gasteiger partial charge in [-0.1, -0.05) is 23.2 Å². The topological polar surface area (TPSA) is 128 Å². The molecule has 0 bridgehead atoms. The lowest BCUT2D eigenvalue weighted by Crippen LogP contribution is -2.54. The van der Waals surface area contributed by atoms with Crippen molar-refractivity contribution < 1.29 is 28.8 Å². The number of methoxy groups -OCH3 is 1. The van der Waals surface area contributed by atoms with Crippen LogP contribution in [0.2, 0.25) is 10.0 Å². The van der Waals surface area contributed by atoms with Gasteiger partial charge in [-0.25, -0.2) is 9.69 Å². The largest absolute Gasteiger partial charge is 0.493 e. The van der Waals surface area contributed by atoms with E-state index in [1.807, 2.05) is 0 Å². The van der Waals surface area contributed by atoms with Crippen LogP contribution >= 0.6 is 23.2 Å². The lowest BCUT2D eigenvalue weighted by atomic mass is 10.1. The molecule has 0 aliphatic carbocycles. The molecule has 0 atom stereocenters. The number of rotatable bonds is 7. The van der Waals surface area contributed by atoms with Gasteiger partial charge in [0.05, 0.1) is 22.7 Å². The number of halogens is 2. The second kappa shape index (κ2) is 10.7. The minimum absolute atomic E-state index is 0.0469. The van der Waals surface area contributed by atoms with E-state index < -0.39 is 22.8 Å². The number of ether oxygens (including phenoxy) is 2. The Morgan fingerprint density at radius 2 is 1.70 bits per heavy atom. The molecular weight excluding hydrogens is 525 g/mol. The standard InChI is InChI=1S/C25H17Cl2N3O7/c1-36-21-12-15(11-20(27)22(21)37-13-14-2-6-18(7-3-14)30(34)35)10-19-23(31)28-25(33)29(24(19)32)17-8-4-16(26)5-9-17/h2-12H,13H2,1H3,(H,28,31,33)/b19-10+. The fourth-order valence-corrected chi connectivity index (χ4v) is 3.88.